The van der Waals surface area contributed by atoms with E-state index < -0.39 is 11.9 Å². The summed E-state index contributed by atoms with van der Waals surface area (Å²) in [5.74, 6) is -0.895. The first-order chi connectivity index (χ1) is 9.62. The third kappa shape index (κ3) is 18.7. The fourth-order valence-corrected chi connectivity index (χ4v) is 0.814. The summed E-state index contributed by atoms with van der Waals surface area (Å²) in [5, 5.41) is 8.10. The molecule has 0 amide bonds. The van der Waals surface area contributed by atoms with Crippen LogP contribution < -0.4 is 0 Å². The minimum Gasteiger partial charge on any atom is -0.460 e. The molecule has 0 bridgehead atoms. The number of rotatable bonds is 10. The number of aliphatic hydroxyl groups excluding tert-OH is 1. The predicted octanol–water partition coefficient (Wildman–Crippen LogP) is 1.24. The zero-order valence-corrected chi connectivity index (χ0v) is 12.0. The Morgan fingerprint density at radius 3 is 2.00 bits per heavy atom. The first kappa shape index (κ1) is 20.7. The second-order valence-electron chi connectivity index (χ2n) is 3.43. The molecule has 0 fully saturated rings. The van der Waals surface area contributed by atoms with Gasteiger partial charge in [-0.1, -0.05) is 26.5 Å². The molecule has 0 unspecified atom stereocenters. The largest absolute Gasteiger partial charge is 0.460 e. The molecule has 0 heterocycles. The standard InChI is InChI=1S/C9H16O3.C5H8O3/c1-3-5-6-11-7-8-12-9(10)4-2;1-2-5(7)8-4-3-6/h4H,2-3,5-8H2,1H3;2,6H,1,3-4H2. The summed E-state index contributed by atoms with van der Waals surface area (Å²) in [7, 11) is 0. The number of unbranched alkanes of at least 4 members (excludes halogenated alkanes) is 1. The van der Waals surface area contributed by atoms with Crippen LogP contribution >= 0.6 is 0 Å². The molecule has 0 saturated carbocycles. The molecule has 1 N–H and O–H groups in total. The van der Waals surface area contributed by atoms with Crippen molar-refractivity contribution in [2.24, 2.45) is 0 Å². The van der Waals surface area contributed by atoms with Crippen molar-refractivity contribution in [1.29, 1.82) is 0 Å². The van der Waals surface area contributed by atoms with Gasteiger partial charge in [-0.05, 0) is 6.42 Å². The van der Waals surface area contributed by atoms with E-state index in [4.69, 9.17) is 9.84 Å². The molecule has 0 spiro atoms. The summed E-state index contributed by atoms with van der Waals surface area (Å²) in [6.45, 7) is 9.96. The predicted molar refractivity (Wildman–Crippen MR) is 75.1 cm³/mol. The Balaban J connectivity index is 0. The molecule has 0 saturated heterocycles. The Bertz CT molecular complexity index is 275. The average Bonchev–Trinajstić information content (AvgIpc) is 2.48. The van der Waals surface area contributed by atoms with E-state index in [9.17, 15) is 9.59 Å². The van der Waals surface area contributed by atoms with E-state index in [0.29, 0.717) is 13.2 Å². The van der Waals surface area contributed by atoms with Crippen molar-refractivity contribution in [3.63, 3.8) is 0 Å². The molecule has 6 heteroatoms. The van der Waals surface area contributed by atoms with Gasteiger partial charge in [0.05, 0.1) is 13.2 Å². The summed E-state index contributed by atoms with van der Waals surface area (Å²) in [6.07, 6.45) is 4.36. The summed E-state index contributed by atoms with van der Waals surface area (Å²) < 4.78 is 14.2. The molecule has 0 atom stereocenters. The molecule has 0 aliphatic carbocycles. The number of carbonyl (C=O) groups is 2. The fourth-order valence-electron chi connectivity index (χ4n) is 0.814. The Hall–Kier alpha value is -1.66. The zero-order chi connectivity index (χ0) is 15.6. The van der Waals surface area contributed by atoms with Crippen LogP contribution in [0.5, 0.6) is 0 Å². The van der Waals surface area contributed by atoms with Crippen LogP contribution in [-0.4, -0.2) is 50.1 Å². The summed E-state index contributed by atoms with van der Waals surface area (Å²) >= 11 is 0. The zero-order valence-electron chi connectivity index (χ0n) is 12.0. The number of hydrogen-bond acceptors (Lipinski definition) is 6. The van der Waals surface area contributed by atoms with Crippen LogP contribution in [0.25, 0.3) is 0 Å². The molecule has 20 heavy (non-hydrogen) atoms. The molecule has 116 valence electrons. The van der Waals surface area contributed by atoms with Gasteiger partial charge in [0.25, 0.3) is 0 Å². The molecule has 0 radical (unpaired) electrons. The lowest BCUT2D eigenvalue weighted by molar-refractivity contribution is -0.139. The highest BCUT2D eigenvalue weighted by molar-refractivity contribution is 5.81. The highest BCUT2D eigenvalue weighted by atomic mass is 16.6. The molecule has 0 rings (SSSR count). The SMILES string of the molecule is C=CC(=O)OCCO.C=CC(=O)OCCOCCCC. The lowest BCUT2D eigenvalue weighted by Gasteiger charge is -2.02. The van der Waals surface area contributed by atoms with Crippen LogP contribution in [-0.2, 0) is 23.8 Å². The molecule has 6 nitrogen and oxygen atoms in total. The highest BCUT2D eigenvalue weighted by Crippen LogP contribution is 1.88. The van der Waals surface area contributed by atoms with Gasteiger partial charge in [0.2, 0.25) is 0 Å². The maximum Gasteiger partial charge on any atom is 0.330 e. The third-order valence-corrected chi connectivity index (χ3v) is 1.78. The minimum absolute atomic E-state index is 0.0465. The van der Waals surface area contributed by atoms with Crippen molar-refractivity contribution in [3.8, 4) is 0 Å². The van der Waals surface area contributed by atoms with Crippen LogP contribution in [0, 0.1) is 0 Å². The van der Waals surface area contributed by atoms with E-state index in [1.165, 1.54) is 0 Å². The van der Waals surface area contributed by atoms with Crippen LogP contribution in [0.4, 0.5) is 0 Å². The van der Waals surface area contributed by atoms with Gasteiger partial charge >= 0.3 is 11.9 Å². The first-order valence-corrected chi connectivity index (χ1v) is 6.39. The fraction of sp³-hybridized carbons (Fsp3) is 0.571. The second kappa shape index (κ2) is 17.3. The van der Waals surface area contributed by atoms with Crippen molar-refractivity contribution in [2.45, 2.75) is 19.8 Å². The minimum atomic E-state index is -0.501. The van der Waals surface area contributed by atoms with Gasteiger partial charge in [-0.3, -0.25) is 0 Å². The van der Waals surface area contributed by atoms with E-state index in [1.807, 2.05) is 0 Å². The van der Waals surface area contributed by atoms with Crippen LogP contribution in [0.1, 0.15) is 19.8 Å². The van der Waals surface area contributed by atoms with E-state index in [2.05, 4.69) is 29.6 Å². The Morgan fingerprint density at radius 2 is 1.55 bits per heavy atom. The number of carbonyl (C=O) groups excluding carboxylic acids is 2. The number of ether oxygens (including phenoxy) is 3. The van der Waals surface area contributed by atoms with E-state index >= 15 is 0 Å². The molecule has 0 aromatic rings. The van der Waals surface area contributed by atoms with Gasteiger partial charge in [-0.25, -0.2) is 9.59 Å². The number of hydrogen-bond donors (Lipinski definition) is 1. The lowest BCUT2D eigenvalue weighted by Crippen LogP contribution is -2.08. The van der Waals surface area contributed by atoms with Gasteiger partial charge in [0.15, 0.2) is 0 Å². The number of esters is 2. The quantitative estimate of drug-likeness (QED) is 0.370. The smallest absolute Gasteiger partial charge is 0.330 e. The van der Waals surface area contributed by atoms with Crippen LogP contribution in [0.3, 0.4) is 0 Å². The Morgan fingerprint density at radius 1 is 1.00 bits per heavy atom. The van der Waals surface area contributed by atoms with Gasteiger partial charge in [0, 0.05) is 18.8 Å². The second-order valence-corrected chi connectivity index (χ2v) is 3.43. The summed E-state index contributed by atoms with van der Waals surface area (Å²) in [4.78, 5) is 20.6. The molecule has 0 aromatic carbocycles. The van der Waals surface area contributed by atoms with Crippen molar-refractivity contribution >= 4 is 11.9 Å². The monoisotopic (exact) mass is 288 g/mol. The molecule has 0 aromatic heterocycles. The van der Waals surface area contributed by atoms with Crippen LogP contribution in [0.2, 0.25) is 0 Å². The van der Waals surface area contributed by atoms with E-state index in [-0.39, 0.29) is 13.2 Å². The number of aliphatic hydroxyl groups is 1. The van der Waals surface area contributed by atoms with Crippen molar-refractivity contribution in [1.82, 2.24) is 0 Å². The van der Waals surface area contributed by atoms with Crippen molar-refractivity contribution in [3.05, 3.63) is 25.3 Å². The van der Waals surface area contributed by atoms with Crippen LogP contribution in [0.15, 0.2) is 25.3 Å². The topological polar surface area (TPSA) is 82.1 Å². The normalized spacial score (nSPS) is 8.90. The van der Waals surface area contributed by atoms with E-state index in [0.717, 1.165) is 31.6 Å². The Kier molecular flexibility index (Phi) is 17.9. The third-order valence-electron chi connectivity index (χ3n) is 1.78. The maximum atomic E-state index is 10.5. The van der Waals surface area contributed by atoms with Crippen molar-refractivity contribution in [2.75, 3.05) is 33.0 Å². The van der Waals surface area contributed by atoms with Gasteiger partial charge in [-0.15, -0.1) is 0 Å². The summed E-state index contributed by atoms with van der Waals surface area (Å²) in [6, 6.07) is 0. The highest BCUT2D eigenvalue weighted by Gasteiger charge is 1.93. The maximum absolute atomic E-state index is 10.5. The molecular weight excluding hydrogens is 264 g/mol. The average molecular weight is 288 g/mol. The molecule has 0 aliphatic heterocycles. The molecule has 0 aliphatic rings. The van der Waals surface area contributed by atoms with E-state index in [1.54, 1.807) is 0 Å². The lowest BCUT2D eigenvalue weighted by atomic mass is 10.4. The summed E-state index contributed by atoms with van der Waals surface area (Å²) in [5.41, 5.74) is 0. The first-order valence-electron chi connectivity index (χ1n) is 6.39. The van der Waals surface area contributed by atoms with Gasteiger partial charge in [-0.2, -0.15) is 0 Å². The van der Waals surface area contributed by atoms with Crippen molar-refractivity contribution < 1.29 is 28.9 Å². The van der Waals surface area contributed by atoms with Gasteiger partial charge < -0.3 is 19.3 Å². The van der Waals surface area contributed by atoms with Gasteiger partial charge in [0.1, 0.15) is 13.2 Å². The molecular formula is C14H24O6. The Labute approximate surface area is 120 Å².